The summed E-state index contributed by atoms with van der Waals surface area (Å²) in [5, 5.41) is 10.4. The first-order valence-electron chi connectivity index (χ1n) is 4.68. The van der Waals surface area contributed by atoms with Gasteiger partial charge in [-0.15, -0.1) is 0 Å². The van der Waals surface area contributed by atoms with Crippen LogP contribution >= 0.6 is 0 Å². The number of nitrogens with zero attached hydrogens (tertiary/aromatic N) is 1. The summed E-state index contributed by atoms with van der Waals surface area (Å²) in [7, 11) is 0. The first-order chi connectivity index (χ1) is 8.13. The van der Waals surface area contributed by atoms with Crippen LogP contribution in [0, 0.1) is 10.1 Å². The van der Waals surface area contributed by atoms with Gasteiger partial charge < -0.3 is 4.74 Å². The SMILES string of the molecule is NNC(=O)OC/C=C/c1ccc([N+](=O)[O-])cc1. The summed E-state index contributed by atoms with van der Waals surface area (Å²) in [5.41, 5.74) is 2.61. The molecule has 0 radical (unpaired) electrons. The third kappa shape index (κ3) is 4.31. The van der Waals surface area contributed by atoms with Gasteiger partial charge in [0.05, 0.1) is 4.92 Å². The van der Waals surface area contributed by atoms with E-state index in [2.05, 4.69) is 4.74 Å². The van der Waals surface area contributed by atoms with Crippen LogP contribution in [-0.2, 0) is 4.74 Å². The number of carbonyl (C=O) groups is 1. The van der Waals surface area contributed by atoms with Crippen molar-refractivity contribution in [1.29, 1.82) is 0 Å². The summed E-state index contributed by atoms with van der Waals surface area (Å²) in [6, 6.07) is 5.98. The van der Waals surface area contributed by atoms with Crippen LogP contribution in [0.2, 0.25) is 0 Å². The lowest BCUT2D eigenvalue weighted by Gasteiger charge is -1.98. The minimum absolute atomic E-state index is 0.0286. The number of hydrogen-bond donors (Lipinski definition) is 2. The van der Waals surface area contributed by atoms with Crippen LogP contribution in [0.4, 0.5) is 10.5 Å². The van der Waals surface area contributed by atoms with E-state index < -0.39 is 11.0 Å². The second-order valence-corrected chi connectivity index (χ2v) is 2.99. The van der Waals surface area contributed by atoms with Gasteiger partial charge in [-0.1, -0.05) is 6.08 Å². The fraction of sp³-hybridized carbons (Fsp3) is 0.100. The maximum atomic E-state index is 10.6. The largest absolute Gasteiger partial charge is 0.444 e. The Bertz CT molecular complexity index is 428. The molecule has 90 valence electrons. The van der Waals surface area contributed by atoms with E-state index in [1.54, 1.807) is 24.3 Å². The van der Waals surface area contributed by atoms with Crippen molar-refractivity contribution in [2.24, 2.45) is 5.84 Å². The summed E-state index contributed by atoms with van der Waals surface area (Å²) >= 11 is 0. The number of nitrogens with one attached hydrogen (secondary N) is 1. The summed E-state index contributed by atoms with van der Waals surface area (Å²) < 4.78 is 4.60. The van der Waals surface area contributed by atoms with Gasteiger partial charge in [-0.3, -0.25) is 15.5 Å². The molecule has 0 saturated heterocycles. The van der Waals surface area contributed by atoms with Crippen molar-refractivity contribution in [1.82, 2.24) is 5.43 Å². The lowest BCUT2D eigenvalue weighted by Crippen LogP contribution is -2.30. The van der Waals surface area contributed by atoms with Gasteiger partial charge in [-0.05, 0) is 23.8 Å². The number of ether oxygens (including phenoxy) is 1. The van der Waals surface area contributed by atoms with Gasteiger partial charge in [-0.2, -0.15) is 0 Å². The maximum Gasteiger partial charge on any atom is 0.421 e. The van der Waals surface area contributed by atoms with E-state index in [-0.39, 0.29) is 12.3 Å². The lowest BCUT2D eigenvalue weighted by atomic mass is 10.2. The zero-order valence-electron chi connectivity index (χ0n) is 8.83. The second-order valence-electron chi connectivity index (χ2n) is 2.99. The summed E-state index contributed by atoms with van der Waals surface area (Å²) in [5.74, 6) is 4.80. The Morgan fingerprint density at radius 2 is 2.12 bits per heavy atom. The minimum atomic E-state index is -0.724. The first kappa shape index (κ1) is 12.7. The highest BCUT2D eigenvalue weighted by molar-refractivity contribution is 5.66. The molecule has 7 nitrogen and oxygen atoms in total. The number of hydrogen-bond acceptors (Lipinski definition) is 5. The Balaban J connectivity index is 2.49. The molecule has 0 heterocycles. The number of nitro groups is 1. The van der Waals surface area contributed by atoms with E-state index in [4.69, 9.17) is 5.84 Å². The molecule has 0 aliphatic heterocycles. The maximum absolute atomic E-state index is 10.6. The van der Waals surface area contributed by atoms with Crippen LogP contribution in [0.3, 0.4) is 0 Å². The number of nitrogens with two attached hydrogens (primary N) is 1. The van der Waals surface area contributed by atoms with Crippen molar-refractivity contribution in [2.45, 2.75) is 0 Å². The third-order valence-electron chi connectivity index (χ3n) is 1.84. The van der Waals surface area contributed by atoms with E-state index in [0.29, 0.717) is 0 Å². The lowest BCUT2D eigenvalue weighted by molar-refractivity contribution is -0.384. The molecule has 0 bridgehead atoms. The molecule has 0 aromatic heterocycles. The molecule has 7 heteroatoms. The summed E-state index contributed by atoms with van der Waals surface area (Å²) in [4.78, 5) is 20.5. The number of nitro benzene ring substituents is 1. The number of carbonyl (C=O) groups excluding carboxylic acids is 1. The van der Waals surface area contributed by atoms with Gasteiger partial charge >= 0.3 is 6.09 Å². The van der Waals surface area contributed by atoms with Crippen molar-refractivity contribution >= 4 is 17.9 Å². The van der Waals surface area contributed by atoms with Crippen molar-refractivity contribution in [3.05, 3.63) is 46.0 Å². The Hall–Kier alpha value is -2.41. The molecule has 0 atom stereocenters. The Labute approximate surface area is 97.0 Å². The number of benzene rings is 1. The second kappa shape index (κ2) is 6.23. The van der Waals surface area contributed by atoms with Crippen LogP contribution in [0.25, 0.3) is 6.08 Å². The number of amides is 1. The van der Waals surface area contributed by atoms with E-state index in [9.17, 15) is 14.9 Å². The molecule has 0 spiro atoms. The fourth-order valence-electron chi connectivity index (χ4n) is 1.06. The van der Waals surface area contributed by atoms with E-state index in [1.807, 2.05) is 5.43 Å². The highest BCUT2D eigenvalue weighted by Gasteiger charge is 2.02. The normalized spacial score (nSPS) is 10.2. The topological polar surface area (TPSA) is 107 Å². The smallest absolute Gasteiger partial charge is 0.421 e. The quantitative estimate of drug-likeness (QED) is 0.354. The monoisotopic (exact) mass is 237 g/mol. The molecule has 0 fully saturated rings. The van der Waals surface area contributed by atoms with Crippen LogP contribution in [0.15, 0.2) is 30.3 Å². The molecule has 17 heavy (non-hydrogen) atoms. The molecule has 0 aliphatic rings. The third-order valence-corrected chi connectivity index (χ3v) is 1.84. The van der Waals surface area contributed by atoms with Gasteiger partial charge in [0.15, 0.2) is 0 Å². The predicted molar refractivity (Wildman–Crippen MR) is 60.8 cm³/mol. The van der Waals surface area contributed by atoms with E-state index in [0.717, 1.165) is 5.56 Å². The Morgan fingerprint density at radius 1 is 1.47 bits per heavy atom. The fourth-order valence-corrected chi connectivity index (χ4v) is 1.06. The molecule has 0 aliphatic carbocycles. The minimum Gasteiger partial charge on any atom is -0.444 e. The van der Waals surface area contributed by atoms with Crippen molar-refractivity contribution in [2.75, 3.05) is 6.61 Å². The van der Waals surface area contributed by atoms with Crippen LogP contribution in [-0.4, -0.2) is 17.6 Å². The first-order valence-corrected chi connectivity index (χ1v) is 4.68. The summed E-state index contributed by atoms with van der Waals surface area (Å²) in [6.07, 6.45) is 2.54. The van der Waals surface area contributed by atoms with Gasteiger partial charge in [0.1, 0.15) is 6.61 Å². The predicted octanol–water partition coefficient (Wildman–Crippen LogP) is 1.21. The highest BCUT2D eigenvalue weighted by atomic mass is 16.6. The van der Waals surface area contributed by atoms with Crippen molar-refractivity contribution in [3.63, 3.8) is 0 Å². The molecule has 0 saturated carbocycles. The molecule has 1 aromatic carbocycles. The molecular formula is C10H11N3O4. The number of hydrazine groups is 1. The average Bonchev–Trinajstić information content (AvgIpc) is 2.34. The van der Waals surface area contributed by atoms with Gasteiger partial charge in [-0.25, -0.2) is 10.6 Å². The average molecular weight is 237 g/mol. The van der Waals surface area contributed by atoms with E-state index >= 15 is 0 Å². The molecule has 0 unspecified atom stereocenters. The number of non-ortho nitro benzene ring substituents is 1. The highest BCUT2D eigenvalue weighted by Crippen LogP contribution is 2.12. The Morgan fingerprint density at radius 3 is 2.65 bits per heavy atom. The molecular weight excluding hydrogens is 226 g/mol. The standard InChI is InChI=1S/C10H11N3O4/c11-12-10(14)17-7-1-2-8-3-5-9(6-4-8)13(15)16/h1-6H,7,11H2,(H,12,14)/b2-1+. The van der Waals surface area contributed by atoms with Crippen molar-refractivity contribution < 1.29 is 14.5 Å². The molecule has 1 rings (SSSR count). The molecule has 1 amide bonds. The zero-order valence-corrected chi connectivity index (χ0v) is 8.83. The summed E-state index contributed by atoms with van der Waals surface area (Å²) in [6.45, 7) is 0.0695. The number of rotatable bonds is 4. The van der Waals surface area contributed by atoms with Gasteiger partial charge in [0, 0.05) is 12.1 Å². The zero-order chi connectivity index (χ0) is 12.7. The van der Waals surface area contributed by atoms with Gasteiger partial charge in [0.2, 0.25) is 0 Å². The molecule has 3 N–H and O–H groups in total. The molecule has 1 aromatic rings. The Kier molecular flexibility index (Phi) is 4.64. The van der Waals surface area contributed by atoms with Crippen LogP contribution in [0.1, 0.15) is 5.56 Å². The van der Waals surface area contributed by atoms with Crippen LogP contribution in [0.5, 0.6) is 0 Å². The van der Waals surface area contributed by atoms with Crippen LogP contribution < -0.4 is 11.3 Å². The van der Waals surface area contributed by atoms with Gasteiger partial charge in [0.25, 0.3) is 5.69 Å². The van der Waals surface area contributed by atoms with Crippen molar-refractivity contribution in [3.8, 4) is 0 Å². The van der Waals surface area contributed by atoms with E-state index in [1.165, 1.54) is 12.1 Å².